The highest BCUT2D eigenvalue weighted by Gasteiger charge is 2.33. The third kappa shape index (κ3) is 1.88. The summed E-state index contributed by atoms with van der Waals surface area (Å²) in [5, 5.41) is 25.8. The van der Waals surface area contributed by atoms with E-state index in [0.29, 0.717) is 6.07 Å². The van der Waals surface area contributed by atoms with Gasteiger partial charge in [-0.05, 0) is 6.07 Å². The van der Waals surface area contributed by atoms with Crippen LogP contribution in [0.25, 0.3) is 0 Å². The lowest BCUT2D eigenvalue weighted by molar-refractivity contribution is -0.0556. The summed E-state index contributed by atoms with van der Waals surface area (Å²) in [5.41, 5.74) is -0.725. The van der Waals surface area contributed by atoms with Crippen molar-refractivity contribution < 1.29 is 24.1 Å². The van der Waals surface area contributed by atoms with Gasteiger partial charge in [-0.3, -0.25) is 0 Å². The van der Waals surface area contributed by atoms with Crippen LogP contribution in [0.15, 0.2) is 12.1 Å². The van der Waals surface area contributed by atoms with Crippen molar-refractivity contribution in [3.05, 3.63) is 22.7 Å². The Morgan fingerprint density at radius 2 is 1.71 bits per heavy atom. The van der Waals surface area contributed by atoms with Gasteiger partial charge in [0, 0.05) is 11.6 Å². The summed E-state index contributed by atoms with van der Waals surface area (Å²) in [5.74, 6) is -4.84. The molecule has 0 fully saturated rings. The molecule has 0 spiro atoms. The van der Waals surface area contributed by atoms with Gasteiger partial charge in [-0.2, -0.15) is 8.78 Å². The lowest BCUT2D eigenvalue weighted by atomic mass is 10.1. The summed E-state index contributed by atoms with van der Waals surface area (Å²) >= 11 is 5.40. The zero-order chi connectivity index (χ0) is 10.9. The maximum absolute atomic E-state index is 12.9. The minimum absolute atomic E-state index is 0.417. The standard InChI is InChI=1S/C8H7ClF2O3/c9-5-2-7(14)6(13)1-4(5)8(10,11)3-12/h1-2,12-14H,3H2. The van der Waals surface area contributed by atoms with Crippen molar-refractivity contribution in [1.29, 1.82) is 0 Å². The smallest absolute Gasteiger partial charge is 0.297 e. The van der Waals surface area contributed by atoms with Gasteiger partial charge in [-0.1, -0.05) is 11.6 Å². The average Bonchev–Trinajstić information content (AvgIpc) is 2.11. The molecule has 6 heteroatoms. The van der Waals surface area contributed by atoms with Crippen LogP contribution in [0.2, 0.25) is 5.02 Å². The van der Waals surface area contributed by atoms with Gasteiger partial charge in [0.2, 0.25) is 0 Å². The van der Waals surface area contributed by atoms with E-state index in [2.05, 4.69) is 0 Å². The molecule has 0 radical (unpaired) electrons. The van der Waals surface area contributed by atoms with Crippen LogP contribution in [0.4, 0.5) is 8.78 Å². The fourth-order valence-electron chi connectivity index (χ4n) is 0.917. The molecule has 0 aliphatic heterocycles. The van der Waals surface area contributed by atoms with Crippen molar-refractivity contribution in [2.75, 3.05) is 6.61 Å². The molecule has 0 aromatic heterocycles. The van der Waals surface area contributed by atoms with Crippen LogP contribution in [0, 0.1) is 0 Å². The Bertz CT molecular complexity index is 355. The summed E-state index contributed by atoms with van der Waals surface area (Å²) in [6, 6.07) is 1.41. The van der Waals surface area contributed by atoms with Crippen LogP contribution in [0.5, 0.6) is 11.5 Å². The van der Waals surface area contributed by atoms with Crippen molar-refractivity contribution in [3.8, 4) is 11.5 Å². The molecule has 3 N–H and O–H groups in total. The van der Waals surface area contributed by atoms with E-state index in [9.17, 15) is 8.78 Å². The van der Waals surface area contributed by atoms with Gasteiger partial charge in [0.05, 0.1) is 5.02 Å². The first-order chi connectivity index (χ1) is 6.38. The molecule has 14 heavy (non-hydrogen) atoms. The third-order valence-corrected chi connectivity index (χ3v) is 1.97. The third-order valence-electron chi connectivity index (χ3n) is 1.66. The number of halogens is 3. The minimum Gasteiger partial charge on any atom is -0.504 e. The molecule has 0 amide bonds. The Kier molecular flexibility index (Phi) is 2.82. The number of alkyl halides is 2. The molecule has 1 aromatic rings. The van der Waals surface area contributed by atoms with E-state index in [-0.39, 0.29) is 0 Å². The topological polar surface area (TPSA) is 60.7 Å². The molecule has 0 unspecified atom stereocenters. The average molecular weight is 225 g/mol. The summed E-state index contributed by atoms with van der Waals surface area (Å²) in [4.78, 5) is 0. The minimum atomic E-state index is -3.54. The van der Waals surface area contributed by atoms with Gasteiger partial charge in [0.1, 0.15) is 6.61 Å². The zero-order valence-corrected chi connectivity index (χ0v) is 7.59. The number of phenols is 2. The molecule has 78 valence electrons. The van der Waals surface area contributed by atoms with Gasteiger partial charge >= 0.3 is 0 Å². The number of rotatable bonds is 2. The van der Waals surface area contributed by atoms with Crippen LogP contribution in [0.3, 0.4) is 0 Å². The largest absolute Gasteiger partial charge is 0.504 e. The molecule has 0 saturated carbocycles. The van der Waals surface area contributed by atoms with Gasteiger partial charge in [0.25, 0.3) is 5.92 Å². The summed E-state index contributed by atoms with van der Waals surface area (Å²) in [7, 11) is 0. The van der Waals surface area contributed by atoms with Gasteiger partial charge in [0.15, 0.2) is 11.5 Å². The fourth-order valence-corrected chi connectivity index (χ4v) is 1.21. The highest BCUT2D eigenvalue weighted by atomic mass is 35.5. The number of phenolic OH excluding ortho intramolecular Hbond substituents is 2. The quantitative estimate of drug-likeness (QED) is 0.672. The fraction of sp³-hybridized carbons (Fsp3) is 0.250. The molecule has 1 rings (SSSR count). The van der Waals surface area contributed by atoms with Gasteiger partial charge in [-0.25, -0.2) is 0 Å². The van der Waals surface area contributed by atoms with E-state index < -0.39 is 34.6 Å². The molecule has 0 saturated heterocycles. The first-order valence-corrected chi connectivity index (χ1v) is 3.97. The molecule has 0 heterocycles. The van der Waals surface area contributed by atoms with E-state index in [1.54, 1.807) is 0 Å². The number of hydrogen-bond donors (Lipinski definition) is 3. The van der Waals surface area contributed by atoms with E-state index >= 15 is 0 Å². The lowest BCUT2D eigenvalue weighted by Gasteiger charge is -2.15. The maximum atomic E-state index is 12.9. The second-order valence-electron chi connectivity index (χ2n) is 2.68. The first-order valence-electron chi connectivity index (χ1n) is 3.59. The number of hydrogen-bond acceptors (Lipinski definition) is 3. The zero-order valence-electron chi connectivity index (χ0n) is 6.84. The maximum Gasteiger partial charge on any atom is 0.297 e. The molecule has 0 atom stereocenters. The van der Waals surface area contributed by atoms with Gasteiger partial charge in [-0.15, -0.1) is 0 Å². The van der Waals surface area contributed by atoms with Gasteiger partial charge < -0.3 is 15.3 Å². The summed E-state index contributed by atoms with van der Waals surface area (Å²) in [6.07, 6.45) is 0. The molecule has 3 nitrogen and oxygen atoms in total. The molecular formula is C8H7ClF2O3. The molecular weight excluding hydrogens is 218 g/mol. The predicted octanol–water partition coefficient (Wildman–Crippen LogP) is 1.84. The van der Waals surface area contributed by atoms with E-state index in [0.717, 1.165) is 6.07 Å². The van der Waals surface area contributed by atoms with Crippen molar-refractivity contribution >= 4 is 11.6 Å². The van der Waals surface area contributed by atoms with Crippen LogP contribution < -0.4 is 0 Å². The van der Waals surface area contributed by atoms with Crippen molar-refractivity contribution in [3.63, 3.8) is 0 Å². The number of aliphatic hydroxyl groups is 1. The molecule has 1 aromatic carbocycles. The Morgan fingerprint density at radius 3 is 2.21 bits per heavy atom. The van der Waals surface area contributed by atoms with E-state index in [4.69, 9.17) is 26.9 Å². The van der Waals surface area contributed by atoms with Crippen LogP contribution >= 0.6 is 11.6 Å². The predicted molar refractivity (Wildman–Crippen MR) is 45.8 cm³/mol. The Morgan fingerprint density at radius 1 is 1.21 bits per heavy atom. The highest BCUT2D eigenvalue weighted by Crippen LogP contribution is 2.39. The number of aliphatic hydroxyl groups excluding tert-OH is 1. The Hall–Kier alpha value is -1.07. The summed E-state index contributed by atoms with van der Waals surface area (Å²) in [6.45, 7) is -1.42. The Balaban J connectivity index is 3.29. The number of aromatic hydroxyl groups is 2. The second-order valence-corrected chi connectivity index (χ2v) is 3.09. The van der Waals surface area contributed by atoms with E-state index in [1.165, 1.54) is 0 Å². The highest BCUT2D eigenvalue weighted by molar-refractivity contribution is 6.31. The molecule has 0 bridgehead atoms. The normalized spacial score (nSPS) is 11.7. The second kappa shape index (κ2) is 3.59. The van der Waals surface area contributed by atoms with Crippen LogP contribution in [-0.4, -0.2) is 21.9 Å². The molecule has 0 aliphatic carbocycles. The lowest BCUT2D eigenvalue weighted by Crippen LogP contribution is -2.18. The SMILES string of the molecule is OCC(F)(F)c1cc(O)c(O)cc1Cl. The summed E-state index contributed by atoms with van der Waals surface area (Å²) < 4.78 is 25.9. The van der Waals surface area contributed by atoms with Crippen molar-refractivity contribution in [1.82, 2.24) is 0 Å². The Labute approximate surface area is 83.2 Å². The van der Waals surface area contributed by atoms with Crippen molar-refractivity contribution in [2.45, 2.75) is 5.92 Å². The first kappa shape index (κ1) is 11.0. The van der Waals surface area contributed by atoms with Crippen LogP contribution in [0.1, 0.15) is 5.56 Å². The van der Waals surface area contributed by atoms with Crippen LogP contribution in [-0.2, 0) is 5.92 Å². The van der Waals surface area contributed by atoms with E-state index in [1.807, 2.05) is 0 Å². The molecule has 0 aliphatic rings. The monoisotopic (exact) mass is 224 g/mol. The van der Waals surface area contributed by atoms with Crippen molar-refractivity contribution in [2.24, 2.45) is 0 Å². The number of benzene rings is 1.